The van der Waals surface area contributed by atoms with Crippen molar-refractivity contribution in [3.05, 3.63) is 76.3 Å². The number of nitrogens with zero attached hydrogens (tertiary/aromatic N) is 3. The summed E-state index contributed by atoms with van der Waals surface area (Å²) in [6, 6.07) is 14.5. The number of rotatable bonds is 5. The van der Waals surface area contributed by atoms with Crippen LogP contribution in [0.3, 0.4) is 0 Å². The van der Waals surface area contributed by atoms with E-state index < -0.39 is 5.97 Å². The lowest BCUT2D eigenvalue weighted by Gasteiger charge is -2.01. The van der Waals surface area contributed by atoms with E-state index in [0.717, 1.165) is 0 Å². The Kier molecular flexibility index (Phi) is 5.07. The minimum Gasteiger partial charge on any atom is -0.469 e. The summed E-state index contributed by atoms with van der Waals surface area (Å²) in [5, 5.41) is 3.00. The Morgan fingerprint density at radius 2 is 1.92 bits per heavy atom. The number of hydrogen-bond acceptors (Lipinski definition) is 5. The number of aromatic nitrogens is 3. The first kappa shape index (κ1) is 17.3. The molecule has 1 N–H and O–H groups in total. The Hall–Kier alpha value is -3.48. The van der Waals surface area contributed by atoms with Gasteiger partial charge in [-0.15, -0.1) is 0 Å². The quantitative estimate of drug-likeness (QED) is 0.565. The Morgan fingerprint density at radius 1 is 1.19 bits per heavy atom. The average Bonchev–Trinajstić information content (AvgIpc) is 2.99. The van der Waals surface area contributed by atoms with Crippen molar-refractivity contribution in [3.63, 3.8) is 0 Å². The molecule has 0 saturated heterocycles. The highest BCUT2D eigenvalue weighted by Crippen LogP contribution is 2.13. The first-order chi connectivity index (χ1) is 12.6. The molecule has 26 heavy (non-hydrogen) atoms. The Morgan fingerprint density at radius 3 is 2.58 bits per heavy atom. The molecule has 2 aromatic heterocycles. The number of hydrogen-bond donors (Lipinski definition) is 1. The lowest BCUT2D eigenvalue weighted by Crippen LogP contribution is -2.20. The zero-order chi connectivity index (χ0) is 18.5. The fourth-order valence-corrected chi connectivity index (χ4v) is 2.61. The van der Waals surface area contributed by atoms with Crippen LogP contribution in [0.2, 0.25) is 0 Å². The molecule has 2 heterocycles. The molecule has 3 rings (SSSR count). The van der Waals surface area contributed by atoms with E-state index in [0.29, 0.717) is 28.5 Å². The molecule has 0 amide bonds. The molecule has 0 spiro atoms. The number of pyridine rings is 1. The van der Waals surface area contributed by atoms with Crippen LogP contribution in [0.15, 0.2) is 64.5 Å². The summed E-state index contributed by atoms with van der Waals surface area (Å²) in [7, 11) is 1.31. The molecule has 1 aromatic carbocycles. The molecule has 7 heteroatoms. The number of aliphatic imine (C=N–C) groups is 1. The van der Waals surface area contributed by atoms with Gasteiger partial charge in [-0.25, -0.2) is 14.7 Å². The molecule has 0 fully saturated rings. The second kappa shape index (κ2) is 7.60. The van der Waals surface area contributed by atoms with E-state index in [-0.39, 0.29) is 12.0 Å². The van der Waals surface area contributed by atoms with Crippen molar-refractivity contribution >= 4 is 17.5 Å². The fourth-order valence-electron chi connectivity index (χ4n) is 2.61. The molecule has 7 nitrogen and oxygen atoms in total. The summed E-state index contributed by atoms with van der Waals surface area (Å²) in [6.07, 6.45) is 1.57. The van der Waals surface area contributed by atoms with Crippen LogP contribution < -0.4 is 5.56 Å². The monoisotopic (exact) mass is 350 g/mol. The third-order valence-corrected chi connectivity index (χ3v) is 3.82. The summed E-state index contributed by atoms with van der Waals surface area (Å²) in [5.41, 5.74) is 1.64. The van der Waals surface area contributed by atoms with Gasteiger partial charge in [0, 0.05) is 6.20 Å². The van der Waals surface area contributed by atoms with Crippen molar-refractivity contribution in [2.45, 2.75) is 13.3 Å². The van der Waals surface area contributed by atoms with E-state index in [1.165, 1.54) is 11.8 Å². The molecular weight excluding hydrogens is 332 g/mol. The highest BCUT2D eigenvalue weighted by molar-refractivity contribution is 6.01. The number of carbonyl (C=O) groups excluding carboxylic acids is 1. The highest BCUT2D eigenvalue weighted by Gasteiger charge is 2.20. The molecule has 0 aliphatic carbocycles. The maximum absolute atomic E-state index is 13.0. The third-order valence-electron chi connectivity index (χ3n) is 3.82. The van der Waals surface area contributed by atoms with Gasteiger partial charge in [-0.1, -0.05) is 24.3 Å². The minimum atomic E-state index is -0.446. The number of esters is 1. The van der Waals surface area contributed by atoms with Gasteiger partial charge >= 0.3 is 5.97 Å². The van der Waals surface area contributed by atoms with Crippen molar-refractivity contribution in [2.24, 2.45) is 4.99 Å². The van der Waals surface area contributed by atoms with Crippen LogP contribution in [0.25, 0.3) is 5.69 Å². The van der Waals surface area contributed by atoms with E-state index in [2.05, 4.69) is 15.1 Å². The summed E-state index contributed by atoms with van der Waals surface area (Å²) in [6.45, 7) is 1.72. The maximum Gasteiger partial charge on any atom is 0.311 e. The maximum atomic E-state index is 13.0. The Bertz CT molecular complexity index is 989. The number of ether oxygens (including phenoxy) is 1. The molecule has 0 saturated carbocycles. The smallest absolute Gasteiger partial charge is 0.311 e. The van der Waals surface area contributed by atoms with Gasteiger partial charge in [0.15, 0.2) is 5.82 Å². The SMILES string of the molecule is COC(=O)Cc1[nH]n(-c2ccccc2)c(=O)c1C(C)=Nc1ccccn1. The van der Waals surface area contributed by atoms with Crippen molar-refractivity contribution < 1.29 is 9.53 Å². The zero-order valence-electron chi connectivity index (χ0n) is 14.5. The topological polar surface area (TPSA) is 89.3 Å². The number of benzene rings is 1. The standard InChI is InChI=1S/C19H18N4O3/c1-13(21-16-10-6-7-11-20-16)18-15(12-17(24)26-2)22-23(19(18)25)14-8-4-3-5-9-14/h3-11,22H,12H2,1-2H3. The number of methoxy groups -OCH3 is 1. The van der Waals surface area contributed by atoms with Crippen molar-refractivity contribution in [3.8, 4) is 5.69 Å². The normalized spacial score (nSPS) is 11.4. The number of para-hydroxylation sites is 1. The first-order valence-electron chi connectivity index (χ1n) is 8.03. The molecule has 0 unspecified atom stereocenters. The lowest BCUT2D eigenvalue weighted by molar-refractivity contribution is -0.139. The molecular formula is C19H18N4O3. The van der Waals surface area contributed by atoms with Gasteiger partial charge in [0.05, 0.1) is 36.2 Å². The molecule has 0 bridgehead atoms. The number of H-pyrrole nitrogens is 1. The van der Waals surface area contributed by atoms with E-state index >= 15 is 0 Å². The van der Waals surface area contributed by atoms with Crippen molar-refractivity contribution in [1.29, 1.82) is 0 Å². The predicted molar refractivity (Wildman–Crippen MR) is 98.2 cm³/mol. The van der Waals surface area contributed by atoms with Gasteiger partial charge in [-0.3, -0.25) is 14.7 Å². The van der Waals surface area contributed by atoms with Crippen LogP contribution in [0.4, 0.5) is 5.82 Å². The molecule has 3 aromatic rings. The largest absolute Gasteiger partial charge is 0.469 e. The summed E-state index contributed by atoms with van der Waals surface area (Å²) in [4.78, 5) is 33.3. The van der Waals surface area contributed by atoms with Gasteiger partial charge in [0.25, 0.3) is 5.56 Å². The van der Waals surface area contributed by atoms with Gasteiger partial charge in [0.2, 0.25) is 0 Å². The molecule has 0 aliphatic heterocycles. The third kappa shape index (κ3) is 3.61. The van der Waals surface area contributed by atoms with Gasteiger partial charge in [-0.2, -0.15) is 0 Å². The van der Waals surface area contributed by atoms with Crippen LogP contribution in [0.5, 0.6) is 0 Å². The summed E-state index contributed by atoms with van der Waals surface area (Å²) in [5.74, 6) is 0.0410. The van der Waals surface area contributed by atoms with Crippen LogP contribution in [0, 0.1) is 0 Å². The fraction of sp³-hybridized carbons (Fsp3) is 0.158. The van der Waals surface area contributed by atoms with E-state index in [4.69, 9.17) is 4.74 Å². The lowest BCUT2D eigenvalue weighted by atomic mass is 10.1. The average molecular weight is 350 g/mol. The van der Waals surface area contributed by atoms with Crippen molar-refractivity contribution in [1.82, 2.24) is 14.8 Å². The van der Waals surface area contributed by atoms with Crippen LogP contribution in [0.1, 0.15) is 18.2 Å². The van der Waals surface area contributed by atoms with Crippen LogP contribution >= 0.6 is 0 Å². The van der Waals surface area contributed by atoms with Gasteiger partial charge < -0.3 is 4.74 Å². The van der Waals surface area contributed by atoms with Crippen LogP contribution in [-0.4, -0.2) is 33.6 Å². The first-order valence-corrected chi connectivity index (χ1v) is 8.03. The Labute approximate surface area is 150 Å². The van der Waals surface area contributed by atoms with Gasteiger partial charge in [-0.05, 0) is 31.2 Å². The number of carbonyl (C=O) groups is 1. The highest BCUT2D eigenvalue weighted by atomic mass is 16.5. The van der Waals surface area contributed by atoms with E-state index in [1.807, 2.05) is 24.3 Å². The van der Waals surface area contributed by atoms with Crippen molar-refractivity contribution in [2.75, 3.05) is 7.11 Å². The van der Waals surface area contributed by atoms with Gasteiger partial charge in [0.1, 0.15) is 0 Å². The number of nitrogens with one attached hydrogen (secondary N) is 1. The Balaban J connectivity index is 2.13. The second-order valence-corrected chi connectivity index (χ2v) is 5.58. The minimum absolute atomic E-state index is 0.0595. The molecule has 0 atom stereocenters. The van der Waals surface area contributed by atoms with Crippen LogP contribution in [-0.2, 0) is 16.0 Å². The van der Waals surface area contributed by atoms with E-state index in [9.17, 15) is 9.59 Å². The molecule has 0 radical (unpaired) electrons. The van der Waals surface area contributed by atoms with E-state index in [1.54, 1.807) is 37.4 Å². The predicted octanol–water partition coefficient (Wildman–Crippen LogP) is 2.42. The number of aromatic amines is 1. The summed E-state index contributed by atoms with van der Waals surface area (Å²) >= 11 is 0. The molecule has 132 valence electrons. The summed E-state index contributed by atoms with van der Waals surface area (Å²) < 4.78 is 6.13. The second-order valence-electron chi connectivity index (χ2n) is 5.58. The zero-order valence-corrected chi connectivity index (χ0v) is 14.5. The molecule has 0 aliphatic rings.